The number of rotatable bonds is 8. The summed E-state index contributed by atoms with van der Waals surface area (Å²) in [6, 6.07) is 7.42. The van der Waals surface area contributed by atoms with E-state index in [2.05, 4.69) is 42.4 Å². The van der Waals surface area contributed by atoms with Crippen LogP contribution in [-0.2, 0) is 26.3 Å². The zero-order valence-electron chi connectivity index (χ0n) is 20.2. The number of benzene rings is 1. The maximum Gasteiger partial charge on any atom is 0.256 e. The highest BCUT2D eigenvalue weighted by Gasteiger charge is 2.43. The van der Waals surface area contributed by atoms with Crippen LogP contribution >= 0.6 is 0 Å². The minimum Gasteiger partial charge on any atom is -0.378 e. The molecule has 188 valence electrons. The van der Waals surface area contributed by atoms with Crippen molar-refractivity contribution >= 4 is 29.7 Å². The number of amides is 2. The van der Waals surface area contributed by atoms with Gasteiger partial charge in [0.15, 0.2) is 5.54 Å². The zero-order valence-corrected chi connectivity index (χ0v) is 20.2. The Balaban J connectivity index is 1.49. The van der Waals surface area contributed by atoms with Crippen molar-refractivity contribution in [2.75, 3.05) is 43.9 Å². The molecule has 0 radical (unpaired) electrons. The fourth-order valence-corrected chi connectivity index (χ4v) is 4.11. The van der Waals surface area contributed by atoms with E-state index in [9.17, 15) is 9.59 Å². The third-order valence-corrected chi connectivity index (χ3v) is 6.03. The Bertz CT molecular complexity index is 1190. The van der Waals surface area contributed by atoms with Crippen LogP contribution in [0.1, 0.15) is 16.8 Å². The molecular weight excluding hydrogens is 460 g/mol. The second kappa shape index (κ2) is 11.0. The Morgan fingerprint density at radius 3 is 2.72 bits per heavy atom. The van der Waals surface area contributed by atoms with Gasteiger partial charge in [0.1, 0.15) is 5.82 Å². The Kier molecular flexibility index (Phi) is 7.59. The Morgan fingerprint density at radius 2 is 2.03 bits per heavy atom. The first-order valence-corrected chi connectivity index (χ1v) is 11.7. The van der Waals surface area contributed by atoms with Gasteiger partial charge in [-0.15, -0.1) is 0 Å². The van der Waals surface area contributed by atoms with Crippen LogP contribution < -0.4 is 21.7 Å². The second-order valence-corrected chi connectivity index (χ2v) is 8.45. The first-order chi connectivity index (χ1) is 17.4. The lowest BCUT2D eigenvalue weighted by Gasteiger charge is -2.39. The predicted octanol–water partition coefficient (Wildman–Crippen LogP) is 0.851. The van der Waals surface area contributed by atoms with E-state index in [4.69, 9.17) is 10.5 Å². The summed E-state index contributed by atoms with van der Waals surface area (Å²) in [6.07, 6.45) is 6.66. The van der Waals surface area contributed by atoms with Crippen LogP contribution in [0.5, 0.6) is 0 Å². The lowest BCUT2D eigenvalue weighted by Crippen LogP contribution is -2.59. The van der Waals surface area contributed by atoms with Crippen LogP contribution in [0, 0.1) is 6.92 Å². The summed E-state index contributed by atoms with van der Waals surface area (Å²) < 4.78 is 5.46. The molecule has 0 bridgehead atoms. The molecule has 5 N–H and O–H groups in total. The van der Waals surface area contributed by atoms with Crippen LogP contribution in [0.2, 0.25) is 0 Å². The average molecular weight is 491 g/mol. The highest BCUT2D eigenvalue weighted by atomic mass is 16.5. The summed E-state index contributed by atoms with van der Waals surface area (Å²) in [5.74, 6) is 0.311. The summed E-state index contributed by atoms with van der Waals surface area (Å²) in [5, 5.41) is 9.13. The molecule has 2 aliphatic rings. The quantitative estimate of drug-likeness (QED) is 0.398. The van der Waals surface area contributed by atoms with Crippen molar-refractivity contribution in [2.24, 2.45) is 4.99 Å². The molecule has 1 aromatic heterocycles. The lowest BCUT2D eigenvalue weighted by atomic mass is 9.88. The normalized spacial score (nSPS) is 19.1. The molecule has 36 heavy (non-hydrogen) atoms. The topological polar surface area (TPSA) is 147 Å². The van der Waals surface area contributed by atoms with Gasteiger partial charge >= 0.3 is 0 Å². The number of ether oxygens (including phenoxy) is 1. The van der Waals surface area contributed by atoms with Crippen molar-refractivity contribution in [3.63, 3.8) is 0 Å². The molecular formula is C25H30N8O3. The fourth-order valence-electron chi connectivity index (χ4n) is 4.11. The van der Waals surface area contributed by atoms with Gasteiger partial charge in [-0.1, -0.05) is 18.7 Å². The van der Waals surface area contributed by atoms with Gasteiger partial charge in [0.05, 0.1) is 19.4 Å². The van der Waals surface area contributed by atoms with E-state index >= 15 is 0 Å². The van der Waals surface area contributed by atoms with Gasteiger partial charge < -0.3 is 31.3 Å². The highest BCUT2D eigenvalue weighted by molar-refractivity contribution is 6.05. The van der Waals surface area contributed by atoms with Crippen LogP contribution in [0.4, 0.5) is 11.6 Å². The van der Waals surface area contributed by atoms with E-state index in [-0.39, 0.29) is 17.8 Å². The molecule has 2 amide bonds. The van der Waals surface area contributed by atoms with E-state index in [1.807, 2.05) is 24.3 Å². The summed E-state index contributed by atoms with van der Waals surface area (Å²) in [4.78, 5) is 40.1. The second-order valence-electron chi connectivity index (χ2n) is 8.45. The van der Waals surface area contributed by atoms with Gasteiger partial charge in [-0.05, 0) is 37.1 Å². The van der Waals surface area contributed by atoms with Crippen molar-refractivity contribution in [1.29, 1.82) is 0 Å². The number of carbonyl (C=O) groups is 2. The number of anilines is 2. The third-order valence-electron chi connectivity index (χ3n) is 6.03. The molecule has 2 aromatic rings. The molecule has 2 aliphatic heterocycles. The van der Waals surface area contributed by atoms with Crippen molar-refractivity contribution in [3.05, 3.63) is 72.0 Å². The maximum atomic E-state index is 13.7. The van der Waals surface area contributed by atoms with E-state index in [1.165, 1.54) is 6.08 Å². The Morgan fingerprint density at radius 1 is 1.28 bits per heavy atom. The smallest absolute Gasteiger partial charge is 0.256 e. The van der Waals surface area contributed by atoms with Crippen LogP contribution in [0.3, 0.4) is 0 Å². The minimum absolute atomic E-state index is 0.135. The molecule has 0 saturated carbocycles. The standard InChI is InChI=1S/C25H30N8O3/c1-3-22(34)31-19-6-4-18(5-7-19)8-9-28-23(35)25(20-14-29-24(26)30-17(20)2)16-27-15-21(32-25)33-10-12-36-13-11-33/h3-7,14-16,32H,1,8-13H2,2H3,(H,28,35)(H,31,34)(H2,26,29,30). The molecule has 3 heterocycles. The fraction of sp³-hybridized carbons (Fsp3) is 0.320. The largest absolute Gasteiger partial charge is 0.378 e. The predicted molar refractivity (Wildman–Crippen MR) is 137 cm³/mol. The van der Waals surface area contributed by atoms with Crippen molar-refractivity contribution < 1.29 is 14.3 Å². The number of morpholine rings is 1. The highest BCUT2D eigenvalue weighted by Crippen LogP contribution is 2.27. The average Bonchev–Trinajstić information content (AvgIpc) is 2.90. The van der Waals surface area contributed by atoms with Crippen LogP contribution in [0.15, 0.2) is 60.1 Å². The first-order valence-electron chi connectivity index (χ1n) is 11.7. The summed E-state index contributed by atoms with van der Waals surface area (Å²) >= 11 is 0. The number of aryl methyl sites for hydroxylation is 1. The molecule has 1 unspecified atom stereocenters. The van der Waals surface area contributed by atoms with Crippen molar-refractivity contribution in [3.8, 4) is 0 Å². The van der Waals surface area contributed by atoms with E-state index in [1.54, 1.807) is 25.5 Å². The zero-order chi connectivity index (χ0) is 25.5. The van der Waals surface area contributed by atoms with E-state index in [0.717, 1.165) is 11.4 Å². The Hall–Kier alpha value is -4.25. The SMILES string of the molecule is C=CC(=O)Nc1ccc(CCNC(=O)C2(c3cnc(N)nc3C)C=NC=C(N3CCOCC3)N2)cc1. The molecule has 1 atom stereocenters. The van der Waals surface area contributed by atoms with Gasteiger partial charge in [0, 0.05) is 49.0 Å². The number of hydrogen-bond acceptors (Lipinski definition) is 9. The van der Waals surface area contributed by atoms with Gasteiger partial charge in [0.25, 0.3) is 5.91 Å². The number of nitrogens with one attached hydrogen (secondary N) is 3. The van der Waals surface area contributed by atoms with Crippen LogP contribution in [-0.4, -0.2) is 65.7 Å². The molecule has 4 rings (SSSR count). The summed E-state index contributed by atoms with van der Waals surface area (Å²) in [6.45, 7) is 8.20. The first kappa shape index (κ1) is 24.9. The van der Waals surface area contributed by atoms with Crippen molar-refractivity contribution in [2.45, 2.75) is 18.9 Å². The molecule has 0 spiro atoms. The number of carbonyl (C=O) groups excluding carboxylic acids is 2. The van der Waals surface area contributed by atoms with Gasteiger partial charge in [-0.3, -0.25) is 14.6 Å². The molecule has 1 saturated heterocycles. The third kappa shape index (κ3) is 5.52. The number of nitrogens with zero attached hydrogens (tertiary/aromatic N) is 4. The lowest BCUT2D eigenvalue weighted by molar-refractivity contribution is -0.125. The van der Waals surface area contributed by atoms with E-state index < -0.39 is 5.54 Å². The molecule has 11 heteroatoms. The molecule has 0 aliphatic carbocycles. The summed E-state index contributed by atoms with van der Waals surface area (Å²) in [7, 11) is 0. The number of nitrogens with two attached hydrogens (primary N) is 1. The Labute approximate surface area is 209 Å². The van der Waals surface area contributed by atoms with Gasteiger partial charge in [-0.25, -0.2) is 9.97 Å². The maximum absolute atomic E-state index is 13.7. The number of aromatic nitrogens is 2. The number of aliphatic imine (C=N–C) groups is 1. The van der Waals surface area contributed by atoms with Gasteiger partial charge in [-0.2, -0.15) is 0 Å². The monoisotopic (exact) mass is 490 g/mol. The summed E-state index contributed by atoms with van der Waals surface area (Å²) in [5.41, 5.74) is 7.30. The molecule has 11 nitrogen and oxygen atoms in total. The molecule has 1 aromatic carbocycles. The minimum atomic E-state index is -1.31. The molecule has 1 fully saturated rings. The van der Waals surface area contributed by atoms with E-state index in [0.29, 0.717) is 56.2 Å². The number of hydrogen-bond donors (Lipinski definition) is 4. The van der Waals surface area contributed by atoms with Gasteiger partial charge in [0.2, 0.25) is 11.9 Å². The number of nitrogen functional groups attached to an aromatic ring is 1. The van der Waals surface area contributed by atoms with Crippen LogP contribution in [0.25, 0.3) is 0 Å². The van der Waals surface area contributed by atoms with Crippen molar-refractivity contribution in [1.82, 2.24) is 25.5 Å².